The molecule has 0 aliphatic carbocycles. The van der Waals surface area contributed by atoms with Gasteiger partial charge in [0.15, 0.2) is 0 Å². The number of aryl methyl sites for hydroxylation is 1. The summed E-state index contributed by atoms with van der Waals surface area (Å²) >= 11 is 0. The fraction of sp³-hybridized carbons (Fsp3) is 0.500. The lowest BCUT2D eigenvalue weighted by atomic mass is 9.89. The molecule has 0 bridgehead atoms. The Morgan fingerprint density at radius 1 is 1.43 bits per heavy atom. The van der Waals surface area contributed by atoms with E-state index in [2.05, 4.69) is 25.2 Å². The summed E-state index contributed by atoms with van der Waals surface area (Å²) in [7, 11) is 1.73. The molecule has 14 heavy (non-hydrogen) atoms. The molecule has 0 radical (unpaired) electrons. The monoisotopic (exact) mass is 191 g/mol. The molecular formula is C12H17NO. The first-order chi connectivity index (χ1) is 6.74. The highest BCUT2D eigenvalue weighted by Crippen LogP contribution is 2.39. The highest BCUT2D eigenvalue weighted by molar-refractivity contribution is 5.66. The van der Waals surface area contributed by atoms with Gasteiger partial charge in [-0.15, -0.1) is 0 Å². The molecule has 1 aliphatic heterocycles. The second kappa shape index (κ2) is 3.52. The van der Waals surface area contributed by atoms with Gasteiger partial charge in [-0.3, -0.25) is 0 Å². The standard InChI is InChI=1S/C12H17NO/c1-8-4-5-10(14-3)12-11(8)9(2)6-7-13-12/h4-5,9,13H,6-7H2,1-3H3/t9-/m0/s1. The summed E-state index contributed by atoms with van der Waals surface area (Å²) in [4.78, 5) is 0. The van der Waals surface area contributed by atoms with E-state index in [0.29, 0.717) is 5.92 Å². The zero-order chi connectivity index (χ0) is 10.1. The first kappa shape index (κ1) is 9.38. The van der Waals surface area contributed by atoms with Gasteiger partial charge in [-0.25, -0.2) is 0 Å². The van der Waals surface area contributed by atoms with Crippen LogP contribution < -0.4 is 10.1 Å². The van der Waals surface area contributed by atoms with E-state index in [1.165, 1.54) is 23.2 Å². The van der Waals surface area contributed by atoms with Crippen LogP contribution >= 0.6 is 0 Å². The van der Waals surface area contributed by atoms with Crippen molar-refractivity contribution in [3.8, 4) is 5.75 Å². The summed E-state index contributed by atoms with van der Waals surface area (Å²) < 4.78 is 5.35. The smallest absolute Gasteiger partial charge is 0.142 e. The van der Waals surface area contributed by atoms with Gasteiger partial charge in [0.1, 0.15) is 5.75 Å². The predicted octanol–water partition coefficient (Wildman–Crippen LogP) is 2.92. The third kappa shape index (κ3) is 1.35. The van der Waals surface area contributed by atoms with Gasteiger partial charge in [0, 0.05) is 6.54 Å². The van der Waals surface area contributed by atoms with Crippen LogP contribution in [-0.2, 0) is 0 Å². The average molecular weight is 191 g/mol. The Balaban J connectivity index is 2.57. The molecule has 1 aromatic carbocycles. The van der Waals surface area contributed by atoms with E-state index in [0.717, 1.165) is 12.3 Å². The van der Waals surface area contributed by atoms with E-state index >= 15 is 0 Å². The molecule has 1 aromatic rings. The molecule has 0 spiro atoms. The minimum atomic E-state index is 0.640. The van der Waals surface area contributed by atoms with Crippen LogP contribution in [0.1, 0.15) is 30.4 Å². The largest absolute Gasteiger partial charge is 0.495 e. The number of hydrogen-bond acceptors (Lipinski definition) is 2. The van der Waals surface area contributed by atoms with Gasteiger partial charge in [-0.05, 0) is 36.5 Å². The molecule has 2 rings (SSSR count). The molecule has 0 saturated carbocycles. The Morgan fingerprint density at radius 2 is 2.21 bits per heavy atom. The Labute approximate surface area is 85.3 Å². The van der Waals surface area contributed by atoms with Crippen LogP contribution in [0.15, 0.2) is 12.1 Å². The van der Waals surface area contributed by atoms with Gasteiger partial charge in [-0.1, -0.05) is 13.0 Å². The summed E-state index contributed by atoms with van der Waals surface area (Å²) in [5.41, 5.74) is 3.99. The molecule has 1 N–H and O–H groups in total. The summed E-state index contributed by atoms with van der Waals surface area (Å²) in [5.74, 6) is 1.61. The fourth-order valence-electron chi connectivity index (χ4n) is 2.25. The first-order valence-electron chi connectivity index (χ1n) is 5.15. The Bertz CT molecular complexity index is 346. The normalized spacial score (nSPS) is 19.8. The van der Waals surface area contributed by atoms with Crippen molar-refractivity contribution in [2.75, 3.05) is 19.0 Å². The van der Waals surface area contributed by atoms with E-state index in [9.17, 15) is 0 Å². The fourth-order valence-corrected chi connectivity index (χ4v) is 2.25. The minimum absolute atomic E-state index is 0.640. The second-order valence-electron chi connectivity index (χ2n) is 3.99. The van der Waals surface area contributed by atoms with Gasteiger partial charge < -0.3 is 10.1 Å². The average Bonchev–Trinajstić information content (AvgIpc) is 2.18. The van der Waals surface area contributed by atoms with E-state index in [1.54, 1.807) is 7.11 Å². The molecule has 1 aliphatic rings. The molecule has 0 saturated heterocycles. The van der Waals surface area contributed by atoms with E-state index in [4.69, 9.17) is 4.74 Å². The number of benzene rings is 1. The topological polar surface area (TPSA) is 21.3 Å². The number of methoxy groups -OCH3 is 1. The predicted molar refractivity (Wildman–Crippen MR) is 59.3 cm³/mol. The van der Waals surface area contributed by atoms with Crippen LogP contribution in [0, 0.1) is 6.92 Å². The van der Waals surface area contributed by atoms with Crippen molar-refractivity contribution in [3.63, 3.8) is 0 Å². The molecule has 76 valence electrons. The summed E-state index contributed by atoms with van der Waals surface area (Å²) in [5, 5.41) is 3.43. The van der Waals surface area contributed by atoms with Crippen LogP contribution in [0.5, 0.6) is 5.75 Å². The lowest BCUT2D eigenvalue weighted by Crippen LogP contribution is -2.16. The van der Waals surface area contributed by atoms with E-state index in [-0.39, 0.29) is 0 Å². The zero-order valence-electron chi connectivity index (χ0n) is 9.05. The maximum absolute atomic E-state index is 5.35. The molecule has 2 nitrogen and oxygen atoms in total. The van der Waals surface area contributed by atoms with E-state index < -0.39 is 0 Å². The number of hydrogen-bond donors (Lipinski definition) is 1. The number of anilines is 1. The summed E-state index contributed by atoms with van der Waals surface area (Å²) in [6.45, 7) is 5.50. The molecule has 0 unspecified atom stereocenters. The van der Waals surface area contributed by atoms with Crippen LogP contribution in [0.4, 0.5) is 5.69 Å². The van der Waals surface area contributed by atoms with Crippen LogP contribution in [0.3, 0.4) is 0 Å². The molecule has 2 heteroatoms. The number of fused-ring (bicyclic) bond motifs is 1. The Kier molecular flexibility index (Phi) is 2.36. The third-order valence-electron chi connectivity index (χ3n) is 3.02. The second-order valence-corrected chi connectivity index (χ2v) is 3.99. The molecule has 1 atom stereocenters. The van der Waals surface area contributed by atoms with Crippen molar-refractivity contribution in [2.24, 2.45) is 0 Å². The third-order valence-corrected chi connectivity index (χ3v) is 3.02. The maximum atomic E-state index is 5.35. The van der Waals surface area contributed by atoms with E-state index in [1.807, 2.05) is 6.07 Å². The maximum Gasteiger partial charge on any atom is 0.142 e. The molecule has 0 fully saturated rings. The van der Waals surface area contributed by atoms with Gasteiger partial charge in [0.05, 0.1) is 12.8 Å². The number of rotatable bonds is 1. The Hall–Kier alpha value is -1.18. The SMILES string of the molecule is COc1ccc(C)c2c1NCC[C@@H]2C. The lowest BCUT2D eigenvalue weighted by Gasteiger charge is -2.27. The van der Waals surface area contributed by atoms with Crippen molar-refractivity contribution in [1.82, 2.24) is 0 Å². The van der Waals surface area contributed by atoms with Crippen molar-refractivity contribution in [1.29, 1.82) is 0 Å². The summed E-state index contributed by atoms with van der Waals surface area (Å²) in [6, 6.07) is 4.18. The quantitative estimate of drug-likeness (QED) is 0.737. The first-order valence-corrected chi connectivity index (χ1v) is 5.15. The number of ether oxygens (including phenoxy) is 1. The minimum Gasteiger partial charge on any atom is -0.495 e. The molecule has 0 aromatic heterocycles. The van der Waals surface area contributed by atoms with Crippen molar-refractivity contribution in [2.45, 2.75) is 26.2 Å². The Morgan fingerprint density at radius 3 is 2.93 bits per heavy atom. The zero-order valence-corrected chi connectivity index (χ0v) is 9.05. The molecule has 1 heterocycles. The van der Waals surface area contributed by atoms with Crippen molar-refractivity contribution >= 4 is 5.69 Å². The highest BCUT2D eigenvalue weighted by Gasteiger charge is 2.20. The summed E-state index contributed by atoms with van der Waals surface area (Å²) in [6.07, 6.45) is 1.21. The van der Waals surface area contributed by atoms with Crippen LogP contribution in [-0.4, -0.2) is 13.7 Å². The van der Waals surface area contributed by atoms with Crippen molar-refractivity contribution < 1.29 is 4.74 Å². The van der Waals surface area contributed by atoms with Crippen molar-refractivity contribution in [3.05, 3.63) is 23.3 Å². The van der Waals surface area contributed by atoms with Gasteiger partial charge in [-0.2, -0.15) is 0 Å². The van der Waals surface area contributed by atoms with Crippen LogP contribution in [0.25, 0.3) is 0 Å². The molecular weight excluding hydrogens is 174 g/mol. The highest BCUT2D eigenvalue weighted by atomic mass is 16.5. The lowest BCUT2D eigenvalue weighted by molar-refractivity contribution is 0.414. The van der Waals surface area contributed by atoms with Gasteiger partial charge in [0.2, 0.25) is 0 Å². The van der Waals surface area contributed by atoms with Gasteiger partial charge in [0.25, 0.3) is 0 Å². The van der Waals surface area contributed by atoms with Gasteiger partial charge >= 0.3 is 0 Å². The van der Waals surface area contributed by atoms with Crippen LogP contribution in [0.2, 0.25) is 0 Å². The molecule has 0 amide bonds. The number of nitrogens with one attached hydrogen (secondary N) is 1.